The van der Waals surface area contributed by atoms with Gasteiger partial charge in [0.15, 0.2) is 0 Å². The van der Waals surface area contributed by atoms with Gasteiger partial charge in [0.2, 0.25) is 0 Å². The molecule has 2 nitrogen and oxygen atoms in total. The van der Waals surface area contributed by atoms with Crippen molar-refractivity contribution in [1.82, 2.24) is 0 Å². The van der Waals surface area contributed by atoms with Crippen LogP contribution in [0.3, 0.4) is 0 Å². The van der Waals surface area contributed by atoms with Gasteiger partial charge in [-0.15, -0.1) is 0 Å². The zero-order valence-electron chi connectivity index (χ0n) is 9.63. The van der Waals surface area contributed by atoms with E-state index < -0.39 is 0 Å². The lowest BCUT2D eigenvalue weighted by Gasteiger charge is -2.26. The molecule has 3 heteroatoms. The Morgan fingerprint density at radius 2 is 2.07 bits per heavy atom. The number of nitrogen functional groups attached to an aromatic ring is 1. The summed E-state index contributed by atoms with van der Waals surface area (Å²) >= 11 is 3.48. The Kier molecular flexibility index (Phi) is 4.45. The number of anilines is 2. The topological polar surface area (TPSA) is 29.3 Å². The molecule has 0 aromatic heterocycles. The number of nitrogens with zero attached hydrogens (tertiary/aromatic N) is 1. The van der Waals surface area contributed by atoms with Crippen molar-refractivity contribution in [2.75, 3.05) is 23.7 Å². The van der Waals surface area contributed by atoms with E-state index in [2.05, 4.69) is 47.7 Å². The standard InChI is InChI=1S/C12H19BrN2/c1-4-15(8-9(2)3)12-7-10(13)5-6-11(12)14/h5-7,9H,4,8,14H2,1-3H3. The van der Waals surface area contributed by atoms with Crippen LogP contribution in [-0.2, 0) is 0 Å². The lowest BCUT2D eigenvalue weighted by atomic mass is 10.1. The predicted molar refractivity (Wildman–Crippen MR) is 71.3 cm³/mol. The summed E-state index contributed by atoms with van der Waals surface area (Å²) in [6, 6.07) is 6.01. The first-order valence-electron chi connectivity index (χ1n) is 5.34. The van der Waals surface area contributed by atoms with Crippen molar-refractivity contribution >= 4 is 27.3 Å². The number of hydrogen-bond acceptors (Lipinski definition) is 2. The summed E-state index contributed by atoms with van der Waals surface area (Å²) in [4.78, 5) is 2.31. The molecule has 0 radical (unpaired) electrons. The minimum atomic E-state index is 0.642. The Bertz CT molecular complexity index is 323. The number of hydrogen-bond donors (Lipinski definition) is 1. The molecule has 0 saturated heterocycles. The smallest absolute Gasteiger partial charge is 0.0611 e. The fraction of sp³-hybridized carbons (Fsp3) is 0.500. The molecule has 0 unspecified atom stereocenters. The van der Waals surface area contributed by atoms with Crippen molar-refractivity contribution in [2.45, 2.75) is 20.8 Å². The Balaban J connectivity index is 2.95. The van der Waals surface area contributed by atoms with E-state index >= 15 is 0 Å². The average Bonchev–Trinajstić information content (AvgIpc) is 2.18. The Labute approximate surface area is 101 Å². The summed E-state index contributed by atoms with van der Waals surface area (Å²) in [6.45, 7) is 8.62. The van der Waals surface area contributed by atoms with E-state index in [1.165, 1.54) is 0 Å². The quantitative estimate of drug-likeness (QED) is 0.849. The highest BCUT2D eigenvalue weighted by molar-refractivity contribution is 9.10. The maximum atomic E-state index is 5.98. The molecule has 0 spiro atoms. The molecule has 0 heterocycles. The van der Waals surface area contributed by atoms with Crippen LogP contribution in [0.2, 0.25) is 0 Å². The van der Waals surface area contributed by atoms with E-state index in [1.807, 2.05) is 12.1 Å². The highest BCUT2D eigenvalue weighted by atomic mass is 79.9. The van der Waals surface area contributed by atoms with Crippen molar-refractivity contribution in [2.24, 2.45) is 5.92 Å². The molecular formula is C12H19BrN2. The molecule has 0 saturated carbocycles. The second-order valence-corrected chi connectivity index (χ2v) is 5.05. The van der Waals surface area contributed by atoms with E-state index in [0.29, 0.717) is 5.92 Å². The van der Waals surface area contributed by atoms with E-state index in [4.69, 9.17) is 5.73 Å². The Morgan fingerprint density at radius 3 is 2.60 bits per heavy atom. The first-order chi connectivity index (χ1) is 7.04. The van der Waals surface area contributed by atoms with Gasteiger partial charge in [-0.05, 0) is 31.0 Å². The molecule has 1 aromatic carbocycles. The van der Waals surface area contributed by atoms with Crippen LogP contribution in [0.5, 0.6) is 0 Å². The monoisotopic (exact) mass is 270 g/mol. The summed E-state index contributed by atoms with van der Waals surface area (Å²) in [6.07, 6.45) is 0. The Hall–Kier alpha value is -0.700. The molecule has 1 rings (SSSR count). The normalized spacial score (nSPS) is 10.7. The molecule has 0 atom stereocenters. The minimum absolute atomic E-state index is 0.642. The van der Waals surface area contributed by atoms with Crippen LogP contribution >= 0.6 is 15.9 Å². The molecule has 0 fully saturated rings. The molecule has 2 N–H and O–H groups in total. The minimum Gasteiger partial charge on any atom is -0.397 e. The molecule has 0 aliphatic rings. The second kappa shape index (κ2) is 5.40. The van der Waals surface area contributed by atoms with Gasteiger partial charge in [-0.1, -0.05) is 29.8 Å². The van der Waals surface area contributed by atoms with Gasteiger partial charge in [0.25, 0.3) is 0 Å². The van der Waals surface area contributed by atoms with Crippen molar-refractivity contribution in [3.8, 4) is 0 Å². The van der Waals surface area contributed by atoms with E-state index in [0.717, 1.165) is 28.9 Å². The number of nitrogens with two attached hydrogens (primary N) is 1. The van der Waals surface area contributed by atoms with Crippen LogP contribution in [-0.4, -0.2) is 13.1 Å². The highest BCUT2D eigenvalue weighted by Gasteiger charge is 2.09. The van der Waals surface area contributed by atoms with Crippen LogP contribution in [0.25, 0.3) is 0 Å². The van der Waals surface area contributed by atoms with Gasteiger partial charge < -0.3 is 10.6 Å². The van der Waals surface area contributed by atoms with Crippen LogP contribution < -0.4 is 10.6 Å². The van der Waals surface area contributed by atoms with Crippen molar-refractivity contribution in [1.29, 1.82) is 0 Å². The molecule has 0 aliphatic carbocycles. The lowest BCUT2D eigenvalue weighted by molar-refractivity contribution is 0.619. The third-order valence-electron chi connectivity index (χ3n) is 2.30. The average molecular weight is 271 g/mol. The predicted octanol–water partition coefficient (Wildman–Crippen LogP) is 3.51. The number of rotatable bonds is 4. The number of halogens is 1. The fourth-order valence-electron chi connectivity index (χ4n) is 1.63. The highest BCUT2D eigenvalue weighted by Crippen LogP contribution is 2.27. The Morgan fingerprint density at radius 1 is 1.40 bits per heavy atom. The number of benzene rings is 1. The van der Waals surface area contributed by atoms with Gasteiger partial charge >= 0.3 is 0 Å². The third-order valence-corrected chi connectivity index (χ3v) is 2.79. The van der Waals surface area contributed by atoms with Crippen LogP contribution in [0.15, 0.2) is 22.7 Å². The van der Waals surface area contributed by atoms with Gasteiger partial charge in [0.05, 0.1) is 11.4 Å². The molecular weight excluding hydrogens is 252 g/mol. The molecule has 0 aliphatic heterocycles. The summed E-state index contributed by atoms with van der Waals surface area (Å²) < 4.78 is 1.08. The molecule has 15 heavy (non-hydrogen) atoms. The molecule has 1 aromatic rings. The van der Waals surface area contributed by atoms with E-state index in [-0.39, 0.29) is 0 Å². The fourth-order valence-corrected chi connectivity index (χ4v) is 1.98. The van der Waals surface area contributed by atoms with Crippen molar-refractivity contribution in [3.63, 3.8) is 0 Å². The lowest BCUT2D eigenvalue weighted by Crippen LogP contribution is -2.27. The third kappa shape index (κ3) is 3.42. The van der Waals surface area contributed by atoms with Gasteiger partial charge in [-0.25, -0.2) is 0 Å². The second-order valence-electron chi connectivity index (χ2n) is 4.14. The van der Waals surface area contributed by atoms with Crippen LogP contribution in [0, 0.1) is 5.92 Å². The largest absolute Gasteiger partial charge is 0.397 e. The molecule has 84 valence electrons. The summed E-state index contributed by atoms with van der Waals surface area (Å²) in [5.74, 6) is 0.642. The van der Waals surface area contributed by atoms with Gasteiger partial charge in [0.1, 0.15) is 0 Å². The van der Waals surface area contributed by atoms with Crippen LogP contribution in [0.4, 0.5) is 11.4 Å². The van der Waals surface area contributed by atoms with Crippen molar-refractivity contribution < 1.29 is 0 Å². The van der Waals surface area contributed by atoms with E-state index in [9.17, 15) is 0 Å². The van der Waals surface area contributed by atoms with Gasteiger partial charge in [0, 0.05) is 17.6 Å². The first kappa shape index (κ1) is 12.4. The van der Waals surface area contributed by atoms with Gasteiger partial charge in [-0.3, -0.25) is 0 Å². The zero-order valence-corrected chi connectivity index (χ0v) is 11.2. The first-order valence-corrected chi connectivity index (χ1v) is 6.13. The van der Waals surface area contributed by atoms with Crippen molar-refractivity contribution in [3.05, 3.63) is 22.7 Å². The maximum absolute atomic E-state index is 5.98. The zero-order chi connectivity index (χ0) is 11.4. The SMILES string of the molecule is CCN(CC(C)C)c1cc(Br)ccc1N. The van der Waals surface area contributed by atoms with Gasteiger partial charge in [-0.2, -0.15) is 0 Å². The summed E-state index contributed by atoms with van der Waals surface area (Å²) in [5.41, 5.74) is 7.95. The summed E-state index contributed by atoms with van der Waals surface area (Å²) in [5, 5.41) is 0. The maximum Gasteiger partial charge on any atom is 0.0611 e. The molecule has 0 amide bonds. The van der Waals surface area contributed by atoms with Crippen LogP contribution in [0.1, 0.15) is 20.8 Å². The molecule has 0 bridgehead atoms. The van der Waals surface area contributed by atoms with E-state index in [1.54, 1.807) is 0 Å². The summed E-state index contributed by atoms with van der Waals surface area (Å²) in [7, 11) is 0.